The van der Waals surface area contributed by atoms with Gasteiger partial charge >= 0.3 is 5.97 Å². The van der Waals surface area contributed by atoms with E-state index in [4.69, 9.17) is 5.11 Å². The van der Waals surface area contributed by atoms with E-state index in [0.29, 0.717) is 18.7 Å². The van der Waals surface area contributed by atoms with Crippen molar-refractivity contribution in [2.24, 2.45) is 0 Å². The smallest absolute Gasteiger partial charge is 0.358 e. The van der Waals surface area contributed by atoms with E-state index in [1.54, 1.807) is 22.2 Å². The molecule has 0 spiro atoms. The Kier molecular flexibility index (Phi) is 3.71. The van der Waals surface area contributed by atoms with Crippen LogP contribution in [0.25, 0.3) is 0 Å². The van der Waals surface area contributed by atoms with Crippen LogP contribution in [0.3, 0.4) is 0 Å². The van der Waals surface area contributed by atoms with Gasteiger partial charge in [0.1, 0.15) is 0 Å². The molecular weight excluding hydrogens is 252 g/mol. The quantitative estimate of drug-likeness (QED) is 0.891. The van der Waals surface area contributed by atoms with Crippen molar-refractivity contribution < 1.29 is 9.90 Å². The highest BCUT2D eigenvalue weighted by Crippen LogP contribution is 2.16. The van der Waals surface area contributed by atoms with Crippen molar-refractivity contribution in [3.05, 3.63) is 27.5 Å². The van der Waals surface area contributed by atoms with Crippen molar-refractivity contribution in [3.63, 3.8) is 0 Å². The number of aryl methyl sites for hydroxylation is 1. The summed E-state index contributed by atoms with van der Waals surface area (Å²) < 4.78 is 1.65. The first kappa shape index (κ1) is 12.7. The normalized spacial score (nSPS) is 10.8. The second kappa shape index (κ2) is 5.26. The van der Waals surface area contributed by atoms with Gasteiger partial charge in [0.15, 0.2) is 5.69 Å². The summed E-state index contributed by atoms with van der Waals surface area (Å²) in [5.74, 6) is -1.02. The number of hydrogen-bond acceptors (Lipinski definition) is 5. The van der Waals surface area contributed by atoms with E-state index in [9.17, 15) is 4.79 Å². The fourth-order valence-corrected chi connectivity index (χ4v) is 2.51. The molecule has 7 heteroatoms. The van der Waals surface area contributed by atoms with Gasteiger partial charge in [-0.1, -0.05) is 18.6 Å². The van der Waals surface area contributed by atoms with Gasteiger partial charge in [0.05, 0.1) is 17.2 Å². The zero-order valence-electron chi connectivity index (χ0n) is 10.3. The third kappa shape index (κ3) is 2.56. The number of rotatable bonds is 5. The summed E-state index contributed by atoms with van der Waals surface area (Å²) in [6.45, 7) is 4.46. The van der Waals surface area contributed by atoms with Crippen molar-refractivity contribution in [2.75, 3.05) is 0 Å². The Hall–Kier alpha value is -1.76. The molecule has 0 saturated carbocycles. The van der Waals surface area contributed by atoms with Gasteiger partial charge in [-0.05, 0) is 13.3 Å². The highest BCUT2D eigenvalue weighted by Gasteiger charge is 2.18. The molecule has 0 bridgehead atoms. The van der Waals surface area contributed by atoms with Gasteiger partial charge in [-0.25, -0.2) is 14.5 Å². The molecule has 0 atom stereocenters. The van der Waals surface area contributed by atoms with Crippen LogP contribution in [0, 0.1) is 6.92 Å². The zero-order valence-corrected chi connectivity index (χ0v) is 11.1. The average Bonchev–Trinajstić information content (AvgIpc) is 2.88. The lowest BCUT2D eigenvalue weighted by Crippen LogP contribution is -2.08. The Balaban J connectivity index is 2.29. The minimum Gasteiger partial charge on any atom is -0.476 e. The number of nitrogens with zero attached hydrogens (tertiary/aromatic N) is 4. The van der Waals surface area contributed by atoms with Gasteiger partial charge in [0, 0.05) is 11.1 Å². The first-order chi connectivity index (χ1) is 8.61. The maximum Gasteiger partial charge on any atom is 0.358 e. The molecular formula is C11H14N4O2S. The highest BCUT2D eigenvalue weighted by atomic mass is 32.1. The first-order valence-electron chi connectivity index (χ1n) is 5.68. The van der Waals surface area contributed by atoms with Crippen LogP contribution in [0.5, 0.6) is 0 Å². The van der Waals surface area contributed by atoms with E-state index in [2.05, 4.69) is 15.3 Å². The minimum atomic E-state index is -1.02. The fourth-order valence-electron chi connectivity index (χ4n) is 1.74. The monoisotopic (exact) mass is 266 g/mol. The number of carboxylic acid groups (broad SMARTS) is 1. The zero-order chi connectivity index (χ0) is 13.1. The van der Waals surface area contributed by atoms with Crippen LogP contribution in [-0.2, 0) is 13.0 Å². The molecule has 2 aromatic heterocycles. The molecule has 0 unspecified atom stereocenters. The molecule has 6 nitrogen and oxygen atoms in total. The maximum absolute atomic E-state index is 11.0. The molecule has 2 rings (SSSR count). The molecule has 0 amide bonds. The van der Waals surface area contributed by atoms with Crippen LogP contribution < -0.4 is 0 Å². The van der Waals surface area contributed by atoms with Crippen LogP contribution in [0.4, 0.5) is 0 Å². The predicted molar refractivity (Wildman–Crippen MR) is 66.9 cm³/mol. The molecule has 0 aromatic carbocycles. The Morgan fingerprint density at radius 1 is 1.56 bits per heavy atom. The predicted octanol–water partition coefficient (Wildman–Crippen LogP) is 1.74. The van der Waals surface area contributed by atoms with E-state index < -0.39 is 5.97 Å². The van der Waals surface area contributed by atoms with Crippen LogP contribution >= 0.6 is 11.3 Å². The van der Waals surface area contributed by atoms with E-state index in [1.165, 1.54) is 0 Å². The summed E-state index contributed by atoms with van der Waals surface area (Å²) in [7, 11) is 0. The van der Waals surface area contributed by atoms with Crippen molar-refractivity contribution in [2.45, 2.75) is 33.2 Å². The molecule has 0 aliphatic heterocycles. The molecule has 2 aromatic rings. The van der Waals surface area contributed by atoms with Gasteiger partial charge in [-0.3, -0.25) is 0 Å². The van der Waals surface area contributed by atoms with E-state index in [0.717, 1.165) is 16.3 Å². The lowest BCUT2D eigenvalue weighted by molar-refractivity contribution is 0.0689. The van der Waals surface area contributed by atoms with Crippen molar-refractivity contribution in [1.82, 2.24) is 20.0 Å². The highest BCUT2D eigenvalue weighted by molar-refractivity contribution is 7.11. The van der Waals surface area contributed by atoms with Gasteiger partial charge < -0.3 is 5.11 Å². The Labute approximate surface area is 108 Å². The fraction of sp³-hybridized carbons (Fsp3) is 0.455. The number of hydrogen-bond donors (Lipinski definition) is 1. The number of aromatic carboxylic acids is 1. The summed E-state index contributed by atoms with van der Waals surface area (Å²) in [4.78, 5) is 16.3. The lowest BCUT2D eigenvalue weighted by atomic mass is 10.2. The van der Waals surface area contributed by atoms with Gasteiger partial charge in [0.2, 0.25) is 0 Å². The van der Waals surface area contributed by atoms with Gasteiger partial charge in [-0.15, -0.1) is 16.4 Å². The van der Waals surface area contributed by atoms with Gasteiger partial charge in [-0.2, -0.15) is 0 Å². The number of carboxylic acids is 1. The number of aromatic nitrogens is 4. The molecule has 96 valence electrons. The SMILES string of the molecule is CCCc1c(C(=O)O)nnn1Cc1cnc(C)s1. The van der Waals surface area contributed by atoms with E-state index >= 15 is 0 Å². The summed E-state index contributed by atoms with van der Waals surface area (Å²) in [6.07, 6.45) is 3.31. The number of carbonyl (C=O) groups is 1. The first-order valence-corrected chi connectivity index (χ1v) is 6.50. The summed E-state index contributed by atoms with van der Waals surface area (Å²) in [5.41, 5.74) is 0.731. The van der Waals surface area contributed by atoms with Crippen molar-refractivity contribution in [1.29, 1.82) is 0 Å². The van der Waals surface area contributed by atoms with Crippen molar-refractivity contribution in [3.8, 4) is 0 Å². The van der Waals surface area contributed by atoms with E-state index in [-0.39, 0.29) is 5.69 Å². The molecule has 0 saturated heterocycles. The molecule has 0 fully saturated rings. The number of thiazole rings is 1. The minimum absolute atomic E-state index is 0.0538. The van der Waals surface area contributed by atoms with Crippen molar-refractivity contribution >= 4 is 17.3 Å². The standard InChI is InChI=1S/C11H14N4O2S/c1-3-4-9-10(11(16)17)13-14-15(9)6-8-5-12-7(2)18-8/h5H,3-4,6H2,1-2H3,(H,16,17). The van der Waals surface area contributed by atoms with E-state index in [1.807, 2.05) is 13.8 Å². The third-order valence-electron chi connectivity index (χ3n) is 2.50. The molecule has 0 radical (unpaired) electrons. The average molecular weight is 266 g/mol. The topological polar surface area (TPSA) is 80.9 Å². The Morgan fingerprint density at radius 3 is 2.89 bits per heavy atom. The second-order valence-corrected chi connectivity index (χ2v) is 5.26. The summed E-state index contributed by atoms with van der Waals surface area (Å²) >= 11 is 1.58. The summed E-state index contributed by atoms with van der Waals surface area (Å²) in [6, 6.07) is 0. The molecule has 2 heterocycles. The second-order valence-electron chi connectivity index (χ2n) is 3.94. The van der Waals surface area contributed by atoms with Crippen LogP contribution in [0.2, 0.25) is 0 Å². The van der Waals surface area contributed by atoms with Crippen LogP contribution in [0.1, 0.15) is 39.4 Å². The summed E-state index contributed by atoms with van der Waals surface area (Å²) in [5, 5.41) is 17.7. The Bertz CT molecular complexity index is 561. The molecule has 1 N–H and O–H groups in total. The van der Waals surface area contributed by atoms with Crippen LogP contribution in [-0.4, -0.2) is 31.1 Å². The van der Waals surface area contributed by atoms with Crippen LogP contribution in [0.15, 0.2) is 6.20 Å². The molecule has 0 aliphatic rings. The lowest BCUT2D eigenvalue weighted by Gasteiger charge is -2.03. The Morgan fingerprint density at radius 2 is 2.33 bits per heavy atom. The van der Waals surface area contributed by atoms with Gasteiger partial charge in [0.25, 0.3) is 0 Å². The molecule has 0 aliphatic carbocycles. The maximum atomic E-state index is 11.0. The molecule has 18 heavy (non-hydrogen) atoms. The third-order valence-corrected chi connectivity index (χ3v) is 3.40. The largest absolute Gasteiger partial charge is 0.476 e.